The van der Waals surface area contributed by atoms with Crippen LogP contribution in [0, 0.1) is 0 Å². The van der Waals surface area contributed by atoms with E-state index in [0.29, 0.717) is 28.6 Å². The smallest absolute Gasteiger partial charge is 0.169 e. The molecule has 0 aromatic heterocycles. The highest BCUT2D eigenvalue weighted by atomic mass is 16.5. The Labute approximate surface area is 157 Å². The Bertz CT molecular complexity index is 773. The standard InChI is InChI=1S/C20H24O7/c1-25-18-10-13(4-3-9-21)5-7-16(18)27-17-8-6-14(11-19(17)26-2)20(24)15(23)12-22/h3-8,10-11,15,20-24H,9,12H2,1-2H3/b4-3+. The van der Waals surface area contributed by atoms with Crippen LogP contribution in [0.15, 0.2) is 42.5 Å². The summed E-state index contributed by atoms with van der Waals surface area (Å²) in [5.41, 5.74) is 1.23. The number of hydrogen-bond donors (Lipinski definition) is 4. The van der Waals surface area contributed by atoms with E-state index < -0.39 is 18.8 Å². The van der Waals surface area contributed by atoms with Crippen LogP contribution in [0.4, 0.5) is 0 Å². The van der Waals surface area contributed by atoms with Gasteiger partial charge in [0.1, 0.15) is 12.2 Å². The largest absolute Gasteiger partial charge is 0.493 e. The van der Waals surface area contributed by atoms with Crippen molar-refractivity contribution < 1.29 is 34.6 Å². The van der Waals surface area contributed by atoms with Crippen LogP contribution < -0.4 is 14.2 Å². The normalized spacial score (nSPS) is 13.4. The van der Waals surface area contributed by atoms with Gasteiger partial charge in [-0.05, 0) is 35.4 Å². The molecular weight excluding hydrogens is 352 g/mol. The number of rotatable bonds is 9. The van der Waals surface area contributed by atoms with Gasteiger partial charge in [-0.15, -0.1) is 0 Å². The molecule has 2 aromatic carbocycles. The van der Waals surface area contributed by atoms with Crippen molar-refractivity contribution in [2.24, 2.45) is 0 Å². The quantitative estimate of drug-likeness (QED) is 0.529. The lowest BCUT2D eigenvalue weighted by Gasteiger charge is -2.18. The fourth-order valence-corrected chi connectivity index (χ4v) is 2.45. The molecule has 7 nitrogen and oxygen atoms in total. The summed E-state index contributed by atoms with van der Waals surface area (Å²) in [6.45, 7) is -0.614. The summed E-state index contributed by atoms with van der Waals surface area (Å²) in [6.07, 6.45) is 0.838. The van der Waals surface area contributed by atoms with Gasteiger partial charge in [-0.25, -0.2) is 0 Å². The SMILES string of the molecule is COc1cc(/C=C/CO)ccc1Oc1ccc(C(O)C(O)CO)cc1OC. The molecule has 0 heterocycles. The van der Waals surface area contributed by atoms with Gasteiger partial charge in [-0.2, -0.15) is 0 Å². The highest BCUT2D eigenvalue weighted by Gasteiger charge is 2.20. The predicted octanol–water partition coefficient (Wildman–Crippen LogP) is 1.89. The molecule has 0 saturated carbocycles. The molecule has 0 fully saturated rings. The molecule has 27 heavy (non-hydrogen) atoms. The van der Waals surface area contributed by atoms with Gasteiger partial charge in [0.15, 0.2) is 23.0 Å². The van der Waals surface area contributed by atoms with E-state index in [0.717, 1.165) is 5.56 Å². The van der Waals surface area contributed by atoms with Gasteiger partial charge in [-0.3, -0.25) is 0 Å². The number of ether oxygens (including phenoxy) is 3. The highest BCUT2D eigenvalue weighted by Crippen LogP contribution is 2.38. The van der Waals surface area contributed by atoms with Gasteiger partial charge in [0, 0.05) is 0 Å². The van der Waals surface area contributed by atoms with Crippen LogP contribution >= 0.6 is 0 Å². The maximum atomic E-state index is 10.0. The average Bonchev–Trinajstić information content (AvgIpc) is 2.71. The van der Waals surface area contributed by atoms with Gasteiger partial charge in [0.2, 0.25) is 0 Å². The Morgan fingerprint density at radius 1 is 0.889 bits per heavy atom. The van der Waals surface area contributed by atoms with Crippen molar-refractivity contribution in [1.29, 1.82) is 0 Å². The fraction of sp³-hybridized carbons (Fsp3) is 0.300. The third-order valence-corrected chi connectivity index (χ3v) is 3.90. The zero-order valence-electron chi connectivity index (χ0n) is 15.2. The highest BCUT2D eigenvalue weighted by molar-refractivity contribution is 5.57. The van der Waals surface area contributed by atoms with Crippen molar-refractivity contribution in [2.75, 3.05) is 27.4 Å². The molecule has 0 spiro atoms. The fourth-order valence-electron chi connectivity index (χ4n) is 2.45. The monoisotopic (exact) mass is 376 g/mol. The molecule has 2 unspecified atom stereocenters. The van der Waals surface area contributed by atoms with Gasteiger partial charge >= 0.3 is 0 Å². The van der Waals surface area contributed by atoms with E-state index in [4.69, 9.17) is 24.4 Å². The summed E-state index contributed by atoms with van der Waals surface area (Å²) in [7, 11) is 2.98. The lowest BCUT2D eigenvalue weighted by molar-refractivity contribution is -0.0153. The molecule has 4 N–H and O–H groups in total. The maximum absolute atomic E-state index is 10.0. The third kappa shape index (κ3) is 5.21. The van der Waals surface area contributed by atoms with E-state index in [-0.39, 0.29) is 6.61 Å². The minimum Gasteiger partial charge on any atom is -0.493 e. The molecule has 0 aliphatic carbocycles. The van der Waals surface area contributed by atoms with Crippen molar-refractivity contribution in [1.82, 2.24) is 0 Å². The summed E-state index contributed by atoms with van der Waals surface area (Å²) in [6, 6.07) is 10.0. The zero-order valence-corrected chi connectivity index (χ0v) is 15.2. The van der Waals surface area contributed by atoms with Crippen LogP contribution in [0.3, 0.4) is 0 Å². The Kier molecular flexibility index (Phi) is 7.63. The Morgan fingerprint density at radius 2 is 1.52 bits per heavy atom. The average molecular weight is 376 g/mol. The van der Waals surface area contributed by atoms with Gasteiger partial charge in [0.05, 0.1) is 27.4 Å². The van der Waals surface area contributed by atoms with E-state index >= 15 is 0 Å². The van der Waals surface area contributed by atoms with E-state index in [1.807, 2.05) is 6.07 Å². The summed E-state index contributed by atoms with van der Waals surface area (Å²) in [5.74, 6) is 1.70. The molecule has 0 bridgehead atoms. The first-order chi connectivity index (χ1) is 13.0. The van der Waals surface area contributed by atoms with Crippen molar-refractivity contribution in [3.05, 3.63) is 53.6 Å². The first-order valence-corrected chi connectivity index (χ1v) is 8.32. The van der Waals surface area contributed by atoms with Crippen LogP contribution in [0.1, 0.15) is 17.2 Å². The van der Waals surface area contributed by atoms with Crippen LogP contribution in [0.25, 0.3) is 6.08 Å². The zero-order chi connectivity index (χ0) is 19.8. The summed E-state index contributed by atoms with van der Waals surface area (Å²) in [4.78, 5) is 0. The van der Waals surface area contributed by atoms with Crippen LogP contribution in [0.2, 0.25) is 0 Å². The van der Waals surface area contributed by atoms with Gasteiger partial charge in [-0.1, -0.05) is 24.3 Å². The molecule has 2 rings (SSSR count). The molecule has 2 aromatic rings. The molecular formula is C20H24O7. The molecule has 0 radical (unpaired) electrons. The van der Waals surface area contributed by atoms with Crippen molar-refractivity contribution in [3.63, 3.8) is 0 Å². The minimum absolute atomic E-state index is 0.0546. The summed E-state index contributed by atoms with van der Waals surface area (Å²) in [5, 5.41) is 37.5. The van der Waals surface area contributed by atoms with Gasteiger partial charge in [0.25, 0.3) is 0 Å². The van der Waals surface area contributed by atoms with E-state index in [1.54, 1.807) is 36.4 Å². The number of aliphatic hydroxyl groups excluding tert-OH is 4. The second kappa shape index (κ2) is 9.94. The van der Waals surface area contributed by atoms with Crippen LogP contribution in [-0.2, 0) is 0 Å². The molecule has 7 heteroatoms. The second-order valence-electron chi connectivity index (χ2n) is 5.70. The molecule has 0 amide bonds. The van der Waals surface area contributed by atoms with E-state index in [9.17, 15) is 10.2 Å². The maximum Gasteiger partial charge on any atom is 0.169 e. The molecule has 0 saturated heterocycles. The Hall–Kier alpha value is -2.58. The lowest BCUT2D eigenvalue weighted by atomic mass is 10.0. The summed E-state index contributed by atoms with van der Waals surface area (Å²) < 4.78 is 16.6. The first kappa shape index (κ1) is 20.7. The topological polar surface area (TPSA) is 109 Å². The first-order valence-electron chi connectivity index (χ1n) is 8.32. The van der Waals surface area contributed by atoms with Crippen molar-refractivity contribution in [2.45, 2.75) is 12.2 Å². The van der Waals surface area contributed by atoms with Crippen LogP contribution in [-0.4, -0.2) is 54.0 Å². The van der Waals surface area contributed by atoms with Gasteiger partial charge < -0.3 is 34.6 Å². The lowest BCUT2D eigenvalue weighted by Crippen LogP contribution is -2.22. The molecule has 146 valence electrons. The van der Waals surface area contributed by atoms with E-state index in [1.165, 1.54) is 20.3 Å². The second-order valence-corrected chi connectivity index (χ2v) is 5.70. The minimum atomic E-state index is -1.29. The number of benzene rings is 2. The van der Waals surface area contributed by atoms with Crippen molar-refractivity contribution in [3.8, 4) is 23.0 Å². The molecule has 0 aliphatic rings. The third-order valence-electron chi connectivity index (χ3n) is 3.90. The number of hydrogen-bond acceptors (Lipinski definition) is 7. The number of methoxy groups -OCH3 is 2. The van der Waals surface area contributed by atoms with Crippen LogP contribution in [0.5, 0.6) is 23.0 Å². The Morgan fingerprint density at radius 3 is 2.11 bits per heavy atom. The molecule has 0 aliphatic heterocycles. The number of aliphatic hydroxyl groups is 4. The molecule has 2 atom stereocenters. The summed E-state index contributed by atoms with van der Waals surface area (Å²) >= 11 is 0. The van der Waals surface area contributed by atoms with Crippen molar-refractivity contribution >= 4 is 6.08 Å². The van der Waals surface area contributed by atoms with E-state index in [2.05, 4.69) is 0 Å². The predicted molar refractivity (Wildman–Crippen MR) is 100 cm³/mol. The Balaban J connectivity index is 2.30.